The molecule has 1 aliphatic carbocycles. The van der Waals surface area contributed by atoms with E-state index in [2.05, 4.69) is 0 Å². The monoisotopic (exact) mass is 1080 g/mol. The van der Waals surface area contributed by atoms with Crippen LogP contribution in [0.5, 0.6) is 0 Å². The lowest BCUT2D eigenvalue weighted by Gasteiger charge is -2.47. The zero-order valence-corrected chi connectivity index (χ0v) is 46.4. The summed E-state index contributed by atoms with van der Waals surface area (Å²) in [7, 11) is 4.46. The number of carbonyl (C=O) groups is 7. The summed E-state index contributed by atoms with van der Waals surface area (Å²) in [5.74, 6) is -10.9. The Kier molecular flexibility index (Phi) is 23.1. The Labute approximate surface area is 446 Å². The first kappa shape index (κ1) is 62.6. The number of alkyl halides is 1. The Morgan fingerprint density at radius 2 is 1.49 bits per heavy atom. The lowest BCUT2D eigenvalue weighted by atomic mass is 9.81. The number of rotatable bonds is 12. The second-order valence-corrected chi connectivity index (χ2v) is 21.7. The average Bonchev–Trinajstić information content (AvgIpc) is 3.37. The van der Waals surface area contributed by atoms with Crippen molar-refractivity contribution in [1.82, 2.24) is 4.90 Å². The fourth-order valence-electron chi connectivity index (χ4n) is 11.7. The molecule has 2 bridgehead atoms. The summed E-state index contributed by atoms with van der Waals surface area (Å²) in [4.78, 5) is 94.7. The predicted molar refractivity (Wildman–Crippen MR) is 268 cm³/mol. The van der Waals surface area contributed by atoms with Crippen molar-refractivity contribution in [1.29, 1.82) is 0 Å². The number of allylic oxidation sites excluding steroid dienone is 3. The molecule has 0 aromatic rings. The van der Waals surface area contributed by atoms with Crippen LogP contribution in [0.1, 0.15) is 133 Å². The van der Waals surface area contributed by atoms with Crippen LogP contribution in [0.2, 0.25) is 0 Å². The van der Waals surface area contributed by atoms with Crippen molar-refractivity contribution in [3.05, 3.63) is 23.3 Å². The van der Waals surface area contributed by atoms with Crippen molar-refractivity contribution in [2.75, 3.05) is 34.5 Å². The SMILES string of the molecule is CC[C@@H]1/C=C(\C)C[C@H](C)C[C@H](OC)[C@H]2O[C@@](O)(C(=O)C(=O)N3CCCC[C@H]3C(=O)O[C@H](/C(C)=C/[C@@H]3CC[C@@H](O[C@H]4O[C@H](COC(C)=O)[C@H](OC(C)=O)[C@H](OC(C)=O)[C@H]4F)[C@H](OC)C3)[C@H](C)[C@@H](O)CC1=O)[C@H](C)C[C@@H]2OC. The van der Waals surface area contributed by atoms with Gasteiger partial charge in [0.15, 0.2) is 24.7 Å². The smallest absolute Gasteiger partial charge is 0.329 e. The van der Waals surface area contributed by atoms with Crippen molar-refractivity contribution < 1.29 is 95.5 Å². The number of hydrogen-bond donors (Lipinski definition) is 2. The first-order chi connectivity index (χ1) is 35.9. The normalized spacial score (nSPS) is 39.6. The summed E-state index contributed by atoms with van der Waals surface area (Å²) >= 11 is 0. The first-order valence-electron chi connectivity index (χ1n) is 26.9. The molecule has 0 unspecified atom stereocenters. The molecule has 5 rings (SSSR count). The highest BCUT2D eigenvalue weighted by atomic mass is 19.1. The van der Waals surface area contributed by atoms with Crippen LogP contribution < -0.4 is 0 Å². The molecule has 0 spiro atoms. The van der Waals surface area contributed by atoms with E-state index < -0.39 is 145 Å². The van der Waals surface area contributed by atoms with Crippen molar-refractivity contribution >= 4 is 41.4 Å². The highest BCUT2D eigenvalue weighted by Crippen LogP contribution is 2.40. The molecule has 4 fully saturated rings. The molecule has 5 aliphatic rings. The summed E-state index contributed by atoms with van der Waals surface area (Å²) in [5, 5.41) is 24.1. The highest BCUT2D eigenvalue weighted by Gasteiger charge is 2.57. The van der Waals surface area contributed by atoms with E-state index in [4.69, 9.17) is 47.4 Å². The molecule has 20 nitrogen and oxygen atoms in total. The number of hydrogen-bond acceptors (Lipinski definition) is 19. The number of aliphatic hydroxyl groups is 2. The van der Waals surface area contributed by atoms with Crippen LogP contribution in [-0.2, 0) is 80.9 Å². The van der Waals surface area contributed by atoms with E-state index in [1.165, 1.54) is 21.3 Å². The van der Waals surface area contributed by atoms with Crippen LogP contribution >= 0.6 is 0 Å². The molecule has 4 heterocycles. The quantitative estimate of drug-likeness (QED) is 0.113. The van der Waals surface area contributed by atoms with E-state index in [-0.39, 0.29) is 49.8 Å². The summed E-state index contributed by atoms with van der Waals surface area (Å²) in [6, 6.07) is -1.25. The van der Waals surface area contributed by atoms with Gasteiger partial charge in [0.25, 0.3) is 11.7 Å². The van der Waals surface area contributed by atoms with Crippen molar-refractivity contribution in [2.24, 2.45) is 29.6 Å². The minimum atomic E-state index is -2.58. The number of halogens is 1. The lowest BCUT2D eigenvalue weighted by molar-refractivity contribution is -0.311. The summed E-state index contributed by atoms with van der Waals surface area (Å²) in [6.45, 7) is 13.7. The van der Waals surface area contributed by atoms with Gasteiger partial charge in [-0.3, -0.25) is 28.8 Å². The van der Waals surface area contributed by atoms with Gasteiger partial charge in [0.1, 0.15) is 36.7 Å². The molecule has 430 valence electrons. The van der Waals surface area contributed by atoms with Crippen LogP contribution in [0.25, 0.3) is 0 Å². The van der Waals surface area contributed by atoms with Gasteiger partial charge in [0.2, 0.25) is 5.79 Å². The molecule has 0 radical (unpaired) electrons. The largest absolute Gasteiger partial charge is 0.463 e. The molecular formula is C55H84FNO19. The molecule has 76 heavy (non-hydrogen) atoms. The molecule has 4 aliphatic heterocycles. The van der Waals surface area contributed by atoms with E-state index in [0.29, 0.717) is 50.5 Å². The number of fused-ring (bicyclic) bond motifs is 3. The van der Waals surface area contributed by atoms with E-state index in [1.54, 1.807) is 20.8 Å². The second-order valence-electron chi connectivity index (χ2n) is 21.7. The van der Waals surface area contributed by atoms with Gasteiger partial charge < -0.3 is 62.5 Å². The molecular weight excluding hydrogens is 998 g/mol. The Hall–Kier alpha value is -4.22. The Bertz CT molecular complexity index is 2100. The summed E-state index contributed by atoms with van der Waals surface area (Å²) in [5.41, 5.74) is 1.45. The summed E-state index contributed by atoms with van der Waals surface area (Å²) in [6.07, 6.45) is -7.07. The van der Waals surface area contributed by atoms with Crippen LogP contribution in [-0.4, -0.2) is 176 Å². The third kappa shape index (κ3) is 15.5. The van der Waals surface area contributed by atoms with Gasteiger partial charge in [0, 0.05) is 72.8 Å². The van der Waals surface area contributed by atoms with Crippen molar-refractivity contribution in [3.8, 4) is 0 Å². The number of esters is 4. The Morgan fingerprint density at radius 1 is 0.842 bits per heavy atom. The minimum absolute atomic E-state index is 0.0108. The van der Waals surface area contributed by atoms with Crippen LogP contribution in [0, 0.1) is 29.6 Å². The zero-order chi connectivity index (χ0) is 56.3. The third-order valence-electron chi connectivity index (χ3n) is 15.8. The predicted octanol–water partition coefficient (Wildman–Crippen LogP) is 4.99. The number of ketones is 2. The van der Waals surface area contributed by atoms with E-state index in [9.17, 15) is 43.8 Å². The molecule has 0 aromatic carbocycles. The van der Waals surface area contributed by atoms with Crippen LogP contribution in [0.3, 0.4) is 0 Å². The Balaban J connectivity index is 1.46. The van der Waals surface area contributed by atoms with E-state index in [1.807, 2.05) is 32.9 Å². The lowest BCUT2D eigenvalue weighted by Crippen LogP contribution is -2.64. The number of cyclic esters (lactones) is 1. The standard InChI is InChI=1S/C55H84FNO19/c1-13-37-21-28(2)20-29(3)22-43(68-11)48-44(69-12)24-31(5)55(66,76-48)51(63)52(64)57-19-15-14-16-38(57)53(65)75-47(32(6)39(61)26-40(37)62)30(4)23-36-17-18-41(42(25-36)67-10)73-54-46(56)50(72-35(9)60)49(71-34(8)59)45(74-54)27-70-33(7)58/h21,23,29,31-32,36-39,41-50,54,61,66H,13-20,22,24-27H2,1-12H3/b28-21+,30-23+/t29-,31+,32+,36-,37+,38-,39-,41+,42+,43-,44-,45+,46+,47+,48+,49-,50+,54-,55+/m0/s1. The number of ether oxygens (including phenoxy) is 10. The van der Waals surface area contributed by atoms with E-state index in [0.717, 1.165) is 31.2 Å². The van der Waals surface area contributed by atoms with Gasteiger partial charge in [-0.2, -0.15) is 0 Å². The molecule has 0 aromatic heterocycles. The van der Waals surface area contributed by atoms with Gasteiger partial charge in [-0.05, 0) is 95.5 Å². The van der Waals surface area contributed by atoms with Gasteiger partial charge in [-0.25, -0.2) is 9.18 Å². The van der Waals surface area contributed by atoms with Gasteiger partial charge in [0.05, 0.1) is 30.5 Å². The number of nitrogens with zero attached hydrogens (tertiary/aromatic N) is 1. The van der Waals surface area contributed by atoms with Crippen molar-refractivity contribution in [2.45, 2.75) is 218 Å². The molecule has 3 saturated heterocycles. The topological polar surface area (TPSA) is 255 Å². The van der Waals surface area contributed by atoms with Crippen LogP contribution in [0.4, 0.5) is 4.39 Å². The number of aliphatic hydroxyl groups excluding tert-OH is 1. The first-order valence-corrected chi connectivity index (χ1v) is 26.9. The molecule has 1 saturated carbocycles. The molecule has 1 amide bonds. The van der Waals surface area contributed by atoms with Crippen molar-refractivity contribution in [3.63, 3.8) is 0 Å². The van der Waals surface area contributed by atoms with Crippen LogP contribution in [0.15, 0.2) is 23.3 Å². The highest BCUT2D eigenvalue weighted by molar-refractivity contribution is 6.39. The molecule has 19 atom stereocenters. The maximum atomic E-state index is 16.4. The van der Waals surface area contributed by atoms with Gasteiger partial charge >= 0.3 is 23.9 Å². The number of amides is 1. The van der Waals surface area contributed by atoms with E-state index >= 15 is 4.39 Å². The maximum absolute atomic E-state index is 16.4. The third-order valence-corrected chi connectivity index (χ3v) is 15.8. The second kappa shape index (κ2) is 28.1. The fourth-order valence-corrected chi connectivity index (χ4v) is 11.7. The number of Topliss-reactive ketones (excluding diaryl/α,β-unsaturated/α-hetero) is 2. The van der Waals surface area contributed by atoms with Gasteiger partial charge in [-0.15, -0.1) is 0 Å². The minimum Gasteiger partial charge on any atom is -0.463 e. The average molecular weight is 1080 g/mol. The molecule has 21 heteroatoms. The summed E-state index contributed by atoms with van der Waals surface area (Å²) < 4.78 is 74.5. The number of carbonyl (C=O) groups excluding carboxylic acids is 7. The zero-order valence-electron chi connectivity index (χ0n) is 46.4. The number of methoxy groups -OCH3 is 3. The number of piperidine rings is 1. The Morgan fingerprint density at radius 3 is 2.11 bits per heavy atom. The molecule has 2 N–H and O–H groups in total. The van der Waals surface area contributed by atoms with Gasteiger partial charge in [-0.1, -0.05) is 45.4 Å². The fraction of sp³-hybridized carbons (Fsp3) is 0.800. The maximum Gasteiger partial charge on any atom is 0.329 e.